The van der Waals surface area contributed by atoms with Gasteiger partial charge in [-0.25, -0.2) is 0 Å². The van der Waals surface area contributed by atoms with Gasteiger partial charge in [0.05, 0.1) is 5.69 Å². The number of hydrogen-bond acceptors (Lipinski definition) is 4. The maximum atomic E-state index is 8.63. The van der Waals surface area contributed by atoms with Gasteiger partial charge in [0.2, 0.25) is 0 Å². The molecule has 0 radical (unpaired) electrons. The van der Waals surface area contributed by atoms with Crippen molar-refractivity contribution in [2.75, 3.05) is 13.2 Å². The Bertz CT molecular complexity index is 275. The number of aromatic nitrogens is 3. The van der Waals surface area contributed by atoms with Gasteiger partial charge in [-0.2, -0.15) is 0 Å². The van der Waals surface area contributed by atoms with Crippen LogP contribution in [0.4, 0.5) is 0 Å². The molecular formula is C11H22N4O. The Hall–Kier alpha value is -0.940. The van der Waals surface area contributed by atoms with Crippen LogP contribution in [0.15, 0.2) is 6.20 Å². The van der Waals surface area contributed by atoms with E-state index >= 15 is 0 Å². The molecule has 0 aliphatic rings. The molecule has 1 aromatic heterocycles. The van der Waals surface area contributed by atoms with E-state index in [1.165, 1.54) is 0 Å². The molecule has 0 unspecified atom stereocenters. The molecule has 5 heteroatoms. The summed E-state index contributed by atoms with van der Waals surface area (Å²) in [5.41, 5.74) is 0.997. The standard InChI is InChI=1S/C11H22N4O/c1-2-12-9-11-10-15(14-13-11)7-5-3-4-6-8-16/h10,12,16H,2-9H2,1H3. The zero-order valence-electron chi connectivity index (χ0n) is 10.0. The predicted molar refractivity (Wildman–Crippen MR) is 63.0 cm³/mol. The van der Waals surface area contributed by atoms with Crippen molar-refractivity contribution in [2.24, 2.45) is 0 Å². The first kappa shape index (κ1) is 13.1. The van der Waals surface area contributed by atoms with E-state index < -0.39 is 0 Å². The van der Waals surface area contributed by atoms with Crippen LogP contribution < -0.4 is 5.32 Å². The zero-order valence-corrected chi connectivity index (χ0v) is 10.0. The third kappa shape index (κ3) is 5.23. The number of aryl methyl sites for hydroxylation is 1. The molecule has 0 saturated carbocycles. The molecule has 92 valence electrons. The van der Waals surface area contributed by atoms with Gasteiger partial charge in [0.25, 0.3) is 0 Å². The Morgan fingerprint density at radius 2 is 2.12 bits per heavy atom. The van der Waals surface area contributed by atoms with Crippen molar-refractivity contribution in [1.82, 2.24) is 20.3 Å². The van der Waals surface area contributed by atoms with Crippen LogP contribution in [0, 0.1) is 0 Å². The zero-order chi connectivity index (χ0) is 11.6. The fourth-order valence-electron chi connectivity index (χ4n) is 1.52. The van der Waals surface area contributed by atoms with Gasteiger partial charge in [-0.05, 0) is 19.4 Å². The highest BCUT2D eigenvalue weighted by molar-refractivity contribution is 4.91. The summed E-state index contributed by atoms with van der Waals surface area (Å²) in [6.07, 6.45) is 6.24. The molecule has 0 amide bonds. The van der Waals surface area contributed by atoms with Crippen molar-refractivity contribution in [2.45, 2.75) is 45.7 Å². The molecule has 1 rings (SSSR count). The topological polar surface area (TPSA) is 63.0 Å². The van der Waals surface area contributed by atoms with Gasteiger partial charge in [-0.15, -0.1) is 5.10 Å². The van der Waals surface area contributed by atoms with Crippen LogP contribution in [0.3, 0.4) is 0 Å². The number of rotatable bonds is 9. The predicted octanol–water partition coefficient (Wildman–Crippen LogP) is 0.940. The highest BCUT2D eigenvalue weighted by Crippen LogP contribution is 2.01. The average Bonchev–Trinajstić information content (AvgIpc) is 2.74. The van der Waals surface area contributed by atoms with Crippen LogP contribution in [0.25, 0.3) is 0 Å². The Morgan fingerprint density at radius 3 is 2.88 bits per heavy atom. The molecule has 0 atom stereocenters. The van der Waals surface area contributed by atoms with E-state index in [0.29, 0.717) is 6.61 Å². The van der Waals surface area contributed by atoms with E-state index in [1.54, 1.807) is 0 Å². The summed E-state index contributed by atoms with van der Waals surface area (Å²) in [6, 6.07) is 0. The highest BCUT2D eigenvalue weighted by atomic mass is 16.2. The lowest BCUT2D eigenvalue weighted by molar-refractivity contribution is 0.282. The molecule has 16 heavy (non-hydrogen) atoms. The third-order valence-corrected chi connectivity index (χ3v) is 2.44. The van der Waals surface area contributed by atoms with Gasteiger partial charge in [-0.1, -0.05) is 25.0 Å². The first-order chi connectivity index (χ1) is 7.86. The molecule has 0 aliphatic carbocycles. The largest absolute Gasteiger partial charge is 0.396 e. The molecule has 0 aliphatic heterocycles. The lowest BCUT2D eigenvalue weighted by Crippen LogP contribution is -2.11. The minimum Gasteiger partial charge on any atom is -0.396 e. The van der Waals surface area contributed by atoms with Gasteiger partial charge < -0.3 is 10.4 Å². The van der Waals surface area contributed by atoms with Crippen LogP contribution in [0.2, 0.25) is 0 Å². The first-order valence-corrected chi connectivity index (χ1v) is 6.07. The van der Waals surface area contributed by atoms with Crippen molar-refractivity contribution in [1.29, 1.82) is 0 Å². The summed E-state index contributed by atoms with van der Waals surface area (Å²) in [4.78, 5) is 0. The van der Waals surface area contributed by atoms with Crippen molar-refractivity contribution < 1.29 is 5.11 Å². The smallest absolute Gasteiger partial charge is 0.0964 e. The van der Waals surface area contributed by atoms with Gasteiger partial charge in [0.1, 0.15) is 0 Å². The van der Waals surface area contributed by atoms with E-state index in [4.69, 9.17) is 5.11 Å². The van der Waals surface area contributed by atoms with Gasteiger partial charge >= 0.3 is 0 Å². The van der Waals surface area contributed by atoms with E-state index in [0.717, 1.165) is 51.0 Å². The summed E-state index contributed by atoms with van der Waals surface area (Å²) in [5.74, 6) is 0. The maximum absolute atomic E-state index is 8.63. The van der Waals surface area contributed by atoms with Crippen molar-refractivity contribution in [3.8, 4) is 0 Å². The monoisotopic (exact) mass is 226 g/mol. The second-order valence-corrected chi connectivity index (χ2v) is 3.89. The Morgan fingerprint density at radius 1 is 1.31 bits per heavy atom. The molecule has 0 spiro atoms. The maximum Gasteiger partial charge on any atom is 0.0964 e. The SMILES string of the molecule is CCNCc1cn(CCCCCCO)nn1. The lowest BCUT2D eigenvalue weighted by Gasteiger charge is -1.99. The highest BCUT2D eigenvalue weighted by Gasteiger charge is 1.99. The third-order valence-electron chi connectivity index (χ3n) is 2.44. The molecule has 1 aromatic rings. The van der Waals surface area contributed by atoms with E-state index in [2.05, 4.69) is 22.6 Å². The molecule has 0 aromatic carbocycles. The number of nitrogens with one attached hydrogen (secondary N) is 1. The molecule has 2 N–H and O–H groups in total. The molecule has 0 saturated heterocycles. The van der Waals surface area contributed by atoms with Crippen LogP contribution in [0.5, 0.6) is 0 Å². The number of hydrogen-bond donors (Lipinski definition) is 2. The fourth-order valence-corrected chi connectivity index (χ4v) is 1.52. The summed E-state index contributed by atoms with van der Waals surface area (Å²) in [5, 5.41) is 20.0. The molecule has 5 nitrogen and oxygen atoms in total. The summed E-state index contributed by atoms with van der Waals surface area (Å²) in [7, 11) is 0. The minimum absolute atomic E-state index is 0.302. The lowest BCUT2D eigenvalue weighted by atomic mass is 10.2. The van der Waals surface area contributed by atoms with Crippen LogP contribution >= 0.6 is 0 Å². The van der Waals surface area contributed by atoms with Gasteiger partial charge in [0, 0.05) is 25.9 Å². The average molecular weight is 226 g/mol. The van der Waals surface area contributed by atoms with Crippen molar-refractivity contribution in [3.63, 3.8) is 0 Å². The van der Waals surface area contributed by atoms with Crippen LogP contribution in [-0.2, 0) is 13.1 Å². The number of nitrogens with zero attached hydrogens (tertiary/aromatic N) is 3. The fraction of sp³-hybridized carbons (Fsp3) is 0.818. The number of aliphatic hydroxyl groups excluding tert-OH is 1. The summed E-state index contributed by atoms with van der Waals surface area (Å²) in [6.45, 7) is 5.04. The van der Waals surface area contributed by atoms with E-state index in [-0.39, 0.29) is 0 Å². The minimum atomic E-state index is 0.302. The molecule has 0 bridgehead atoms. The van der Waals surface area contributed by atoms with E-state index in [1.807, 2.05) is 10.9 Å². The second kappa shape index (κ2) is 8.24. The molecule has 1 heterocycles. The van der Waals surface area contributed by atoms with Crippen LogP contribution in [0.1, 0.15) is 38.3 Å². The Balaban J connectivity index is 2.14. The number of unbranched alkanes of at least 4 members (excludes halogenated alkanes) is 3. The summed E-state index contributed by atoms with van der Waals surface area (Å²) >= 11 is 0. The summed E-state index contributed by atoms with van der Waals surface area (Å²) < 4.78 is 1.89. The second-order valence-electron chi connectivity index (χ2n) is 3.89. The van der Waals surface area contributed by atoms with Gasteiger partial charge in [-0.3, -0.25) is 4.68 Å². The Kier molecular flexibility index (Phi) is 6.76. The number of aliphatic hydroxyl groups is 1. The first-order valence-electron chi connectivity index (χ1n) is 6.07. The Labute approximate surface area is 96.9 Å². The van der Waals surface area contributed by atoms with Crippen molar-refractivity contribution >= 4 is 0 Å². The van der Waals surface area contributed by atoms with Gasteiger partial charge in [0.15, 0.2) is 0 Å². The van der Waals surface area contributed by atoms with E-state index in [9.17, 15) is 0 Å². The van der Waals surface area contributed by atoms with Crippen LogP contribution in [-0.4, -0.2) is 33.3 Å². The molecule has 0 fully saturated rings. The quantitative estimate of drug-likeness (QED) is 0.615. The molecular weight excluding hydrogens is 204 g/mol. The normalized spacial score (nSPS) is 10.9. The van der Waals surface area contributed by atoms with Crippen molar-refractivity contribution in [3.05, 3.63) is 11.9 Å².